The van der Waals surface area contributed by atoms with Crippen LogP contribution in [-0.2, 0) is 0 Å². The van der Waals surface area contributed by atoms with Crippen LogP contribution in [-0.4, -0.2) is 28.2 Å². The van der Waals surface area contributed by atoms with Gasteiger partial charge in [0, 0.05) is 6.07 Å². The van der Waals surface area contributed by atoms with Crippen molar-refractivity contribution in [3.63, 3.8) is 0 Å². The van der Waals surface area contributed by atoms with E-state index in [1.807, 2.05) is 38.1 Å². The van der Waals surface area contributed by atoms with E-state index >= 15 is 0 Å². The lowest BCUT2D eigenvalue weighted by Gasteiger charge is -2.12. The van der Waals surface area contributed by atoms with Gasteiger partial charge in [-0.2, -0.15) is 5.26 Å². The summed E-state index contributed by atoms with van der Waals surface area (Å²) < 4.78 is 12.7. The van der Waals surface area contributed by atoms with Gasteiger partial charge in [0.1, 0.15) is 6.07 Å². The van der Waals surface area contributed by atoms with Gasteiger partial charge in [0.05, 0.1) is 24.6 Å². The fourth-order valence-electron chi connectivity index (χ4n) is 1.85. The van der Waals surface area contributed by atoms with Crippen LogP contribution in [0.5, 0.6) is 11.5 Å². The lowest BCUT2D eigenvalue weighted by Crippen LogP contribution is -2.03. The van der Waals surface area contributed by atoms with Crippen LogP contribution in [0.25, 0.3) is 5.69 Å². The van der Waals surface area contributed by atoms with Crippen LogP contribution in [0.4, 0.5) is 0 Å². The van der Waals surface area contributed by atoms with E-state index in [1.165, 1.54) is 0 Å². The highest BCUT2D eigenvalue weighted by Crippen LogP contribution is 2.30. The van der Waals surface area contributed by atoms with Crippen molar-refractivity contribution in [1.82, 2.24) is 15.0 Å². The van der Waals surface area contributed by atoms with E-state index in [4.69, 9.17) is 14.7 Å². The van der Waals surface area contributed by atoms with E-state index < -0.39 is 0 Å². The number of ether oxygens (including phenoxy) is 2. The summed E-state index contributed by atoms with van der Waals surface area (Å²) in [5, 5.41) is 16.7. The van der Waals surface area contributed by atoms with Gasteiger partial charge < -0.3 is 9.47 Å². The predicted molar refractivity (Wildman–Crippen MR) is 73.1 cm³/mol. The summed E-state index contributed by atoms with van der Waals surface area (Å²) >= 11 is 0. The van der Waals surface area contributed by atoms with Gasteiger partial charge in [0.25, 0.3) is 0 Å². The number of hydrogen-bond acceptors (Lipinski definition) is 5. The predicted octanol–water partition coefficient (Wildman–Crippen LogP) is 2.24. The lowest BCUT2D eigenvalue weighted by atomic mass is 10.2. The average molecular weight is 272 g/mol. The molecule has 0 amide bonds. The Hall–Kier alpha value is -2.55. The first-order chi connectivity index (χ1) is 9.71. The van der Waals surface area contributed by atoms with E-state index in [1.54, 1.807) is 11.6 Å². The summed E-state index contributed by atoms with van der Waals surface area (Å²) in [5.41, 5.74) is 1.79. The third-order valence-corrected chi connectivity index (χ3v) is 2.77. The number of benzene rings is 1. The highest BCUT2D eigenvalue weighted by atomic mass is 16.5. The molecule has 1 aromatic heterocycles. The zero-order valence-corrected chi connectivity index (χ0v) is 11.8. The van der Waals surface area contributed by atoms with Crippen LogP contribution < -0.4 is 9.47 Å². The number of nitrogens with zero attached hydrogens (tertiary/aromatic N) is 4. The topological polar surface area (TPSA) is 73.0 Å². The summed E-state index contributed by atoms with van der Waals surface area (Å²) in [6.45, 7) is 6.75. The molecule has 104 valence electrons. The Kier molecular flexibility index (Phi) is 4.20. The van der Waals surface area contributed by atoms with Gasteiger partial charge in [-0.25, -0.2) is 4.68 Å². The van der Waals surface area contributed by atoms with E-state index in [-0.39, 0.29) is 0 Å². The minimum absolute atomic E-state index is 0.317. The molecule has 0 spiro atoms. The fourth-order valence-corrected chi connectivity index (χ4v) is 1.85. The zero-order chi connectivity index (χ0) is 14.5. The first-order valence-corrected chi connectivity index (χ1v) is 6.43. The second-order valence-corrected chi connectivity index (χ2v) is 4.04. The van der Waals surface area contributed by atoms with Crippen LogP contribution in [0.2, 0.25) is 0 Å². The molecule has 0 bridgehead atoms. The van der Waals surface area contributed by atoms with Crippen molar-refractivity contribution in [2.45, 2.75) is 20.8 Å². The van der Waals surface area contributed by atoms with Gasteiger partial charge >= 0.3 is 0 Å². The molecule has 0 radical (unpaired) electrons. The maximum atomic E-state index is 8.92. The number of aromatic nitrogens is 3. The molecule has 0 aliphatic carbocycles. The smallest absolute Gasteiger partial charge is 0.186 e. The highest BCUT2D eigenvalue weighted by Gasteiger charge is 2.12. The molecule has 1 aromatic carbocycles. The van der Waals surface area contributed by atoms with E-state index in [0.29, 0.717) is 36.1 Å². The molecule has 0 fully saturated rings. The molecule has 0 saturated heterocycles. The number of rotatable bonds is 5. The van der Waals surface area contributed by atoms with Crippen molar-refractivity contribution in [3.8, 4) is 23.3 Å². The number of hydrogen-bond donors (Lipinski definition) is 0. The Balaban J connectivity index is 2.44. The van der Waals surface area contributed by atoms with Crippen molar-refractivity contribution in [2.24, 2.45) is 0 Å². The molecule has 20 heavy (non-hydrogen) atoms. The molecule has 0 aliphatic heterocycles. The second-order valence-electron chi connectivity index (χ2n) is 4.04. The molecule has 6 nitrogen and oxygen atoms in total. The molecule has 0 atom stereocenters. The minimum atomic E-state index is 0.317. The summed E-state index contributed by atoms with van der Waals surface area (Å²) in [6, 6.07) is 7.52. The van der Waals surface area contributed by atoms with Crippen LogP contribution >= 0.6 is 0 Å². The Labute approximate surface area is 117 Å². The minimum Gasteiger partial charge on any atom is -0.490 e. The Morgan fingerprint density at radius 1 is 1.20 bits per heavy atom. The maximum absolute atomic E-state index is 8.92. The van der Waals surface area contributed by atoms with Crippen LogP contribution in [0.3, 0.4) is 0 Å². The Bertz CT molecular complexity index is 643. The fraction of sp³-hybridized carbons (Fsp3) is 0.357. The molecule has 1 heterocycles. The lowest BCUT2D eigenvalue weighted by molar-refractivity contribution is 0.287. The summed E-state index contributed by atoms with van der Waals surface area (Å²) in [4.78, 5) is 0. The van der Waals surface area contributed by atoms with Gasteiger partial charge in [-0.1, -0.05) is 5.21 Å². The van der Waals surface area contributed by atoms with Crippen LogP contribution in [0.15, 0.2) is 18.2 Å². The van der Waals surface area contributed by atoms with E-state index in [2.05, 4.69) is 10.3 Å². The Morgan fingerprint density at radius 2 is 1.90 bits per heavy atom. The van der Waals surface area contributed by atoms with Gasteiger partial charge in [-0.05, 0) is 32.9 Å². The molecule has 0 saturated carbocycles. The van der Waals surface area contributed by atoms with E-state index in [9.17, 15) is 0 Å². The third kappa shape index (κ3) is 2.57. The van der Waals surface area contributed by atoms with E-state index in [0.717, 1.165) is 5.69 Å². The van der Waals surface area contributed by atoms with Gasteiger partial charge in [-0.15, -0.1) is 5.10 Å². The van der Waals surface area contributed by atoms with Crippen molar-refractivity contribution < 1.29 is 9.47 Å². The molecule has 2 aromatic rings. The molecule has 0 aliphatic rings. The molecule has 2 rings (SSSR count). The quantitative estimate of drug-likeness (QED) is 0.834. The van der Waals surface area contributed by atoms with Gasteiger partial charge in [-0.3, -0.25) is 0 Å². The number of nitriles is 1. The van der Waals surface area contributed by atoms with Crippen molar-refractivity contribution >= 4 is 0 Å². The molecule has 0 unspecified atom stereocenters. The molecule has 6 heteroatoms. The first kappa shape index (κ1) is 13.9. The standard InChI is InChI=1S/C14H16N4O2/c1-4-19-13-7-6-11(8-14(13)20-5-2)18-10(3)12(9-15)16-17-18/h6-8H,4-5H2,1-3H3. The first-order valence-electron chi connectivity index (χ1n) is 6.43. The van der Waals surface area contributed by atoms with Crippen molar-refractivity contribution in [2.75, 3.05) is 13.2 Å². The van der Waals surface area contributed by atoms with Crippen molar-refractivity contribution in [3.05, 3.63) is 29.6 Å². The highest BCUT2D eigenvalue weighted by molar-refractivity contribution is 5.49. The Morgan fingerprint density at radius 3 is 2.50 bits per heavy atom. The SMILES string of the molecule is CCOc1ccc(-n2nnc(C#N)c2C)cc1OCC. The normalized spacial score (nSPS) is 10.1. The third-order valence-electron chi connectivity index (χ3n) is 2.77. The largest absolute Gasteiger partial charge is 0.490 e. The molecule has 0 N–H and O–H groups in total. The second kappa shape index (κ2) is 6.06. The van der Waals surface area contributed by atoms with Crippen LogP contribution in [0.1, 0.15) is 25.2 Å². The summed E-state index contributed by atoms with van der Waals surface area (Å²) in [7, 11) is 0. The maximum Gasteiger partial charge on any atom is 0.186 e. The van der Waals surface area contributed by atoms with Gasteiger partial charge in [0.2, 0.25) is 0 Å². The van der Waals surface area contributed by atoms with Crippen molar-refractivity contribution in [1.29, 1.82) is 5.26 Å². The van der Waals surface area contributed by atoms with Gasteiger partial charge in [0.15, 0.2) is 17.2 Å². The summed E-state index contributed by atoms with van der Waals surface area (Å²) in [6.07, 6.45) is 0. The van der Waals surface area contributed by atoms with Crippen LogP contribution in [0, 0.1) is 18.3 Å². The zero-order valence-electron chi connectivity index (χ0n) is 11.8. The molecular formula is C14H16N4O2. The average Bonchev–Trinajstić information content (AvgIpc) is 2.82. The summed E-state index contributed by atoms with van der Waals surface area (Å²) in [5.74, 6) is 1.34. The monoisotopic (exact) mass is 272 g/mol. The molecular weight excluding hydrogens is 256 g/mol.